The van der Waals surface area contributed by atoms with Crippen molar-refractivity contribution < 1.29 is 13.2 Å². The zero-order chi connectivity index (χ0) is 20.8. The number of nitrogens with two attached hydrogens (primary N) is 1. The number of fused-ring (bicyclic) bond motifs is 3. The molecule has 0 saturated heterocycles. The summed E-state index contributed by atoms with van der Waals surface area (Å²) in [6.07, 6.45) is 3.28. The molecular formula is C22H25N3O3S. The summed E-state index contributed by atoms with van der Waals surface area (Å²) in [5.41, 5.74) is 5.12. The molecule has 2 atom stereocenters. The number of rotatable bonds is 4. The van der Waals surface area contributed by atoms with Crippen molar-refractivity contribution in [1.29, 1.82) is 0 Å². The summed E-state index contributed by atoms with van der Waals surface area (Å²) < 4.78 is 22.8. The molecule has 4 N–H and O–H groups in total. The van der Waals surface area contributed by atoms with Crippen LogP contribution in [0.1, 0.15) is 53.5 Å². The van der Waals surface area contributed by atoms with E-state index < -0.39 is 10.0 Å². The molecule has 1 heterocycles. The van der Waals surface area contributed by atoms with E-state index in [0.29, 0.717) is 11.5 Å². The zero-order valence-corrected chi connectivity index (χ0v) is 17.3. The lowest BCUT2D eigenvalue weighted by molar-refractivity contribution is 0.0940. The molecule has 7 heteroatoms. The molecule has 0 unspecified atom stereocenters. The van der Waals surface area contributed by atoms with E-state index in [1.165, 1.54) is 29.8 Å². The fraction of sp³-hybridized carbons (Fsp3) is 0.318. The number of aryl methyl sites for hydroxylation is 1. The smallest absolute Gasteiger partial charge is 0.251 e. The number of H-pyrrole nitrogens is 1. The number of aromatic nitrogens is 1. The van der Waals surface area contributed by atoms with Gasteiger partial charge in [0.05, 0.1) is 10.9 Å². The van der Waals surface area contributed by atoms with Crippen molar-refractivity contribution in [3.05, 3.63) is 64.8 Å². The predicted molar refractivity (Wildman–Crippen MR) is 113 cm³/mol. The van der Waals surface area contributed by atoms with Gasteiger partial charge in [0.1, 0.15) is 0 Å². The van der Waals surface area contributed by atoms with Gasteiger partial charge in [-0.2, -0.15) is 0 Å². The van der Waals surface area contributed by atoms with Crippen molar-refractivity contribution in [3.8, 4) is 0 Å². The van der Waals surface area contributed by atoms with Crippen LogP contribution < -0.4 is 10.5 Å². The van der Waals surface area contributed by atoms with E-state index in [0.717, 1.165) is 29.3 Å². The fourth-order valence-corrected chi connectivity index (χ4v) is 4.56. The molecule has 2 aromatic carbocycles. The summed E-state index contributed by atoms with van der Waals surface area (Å²) >= 11 is 0. The second kappa shape index (κ2) is 7.31. The maximum absolute atomic E-state index is 12.8. The van der Waals surface area contributed by atoms with Crippen molar-refractivity contribution in [2.45, 2.75) is 44.0 Å². The number of nitrogens with one attached hydrogen (secondary N) is 2. The number of amides is 1. The van der Waals surface area contributed by atoms with Gasteiger partial charge in [-0.1, -0.05) is 19.1 Å². The van der Waals surface area contributed by atoms with E-state index >= 15 is 0 Å². The summed E-state index contributed by atoms with van der Waals surface area (Å²) in [6.45, 7) is 4.13. The Bertz CT molecular complexity index is 1180. The van der Waals surface area contributed by atoms with Crippen LogP contribution in [0.25, 0.3) is 10.9 Å². The van der Waals surface area contributed by atoms with Crippen molar-refractivity contribution in [2.75, 3.05) is 0 Å². The molecule has 0 bridgehead atoms. The Morgan fingerprint density at radius 2 is 1.93 bits per heavy atom. The third-order valence-electron chi connectivity index (χ3n) is 5.75. The normalized spacial score (nSPS) is 17.7. The first-order valence-electron chi connectivity index (χ1n) is 9.79. The lowest BCUT2D eigenvalue weighted by atomic mass is 9.87. The van der Waals surface area contributed by atoms with Crippen LogP contribution in [0.3, 0.4) is 0 Å². The minimum absolute atomic E-state index is 0.0525. The zero-order valence-electron chi connectivity index (χ0n) is 16.5. The van der Waals surface area contributed by atoms with Gasteiger partial charge in [-0.25, -0.2) is 13.6 Å². The third-order valence-corrected chi connectivity index (χ3v) is 6.68. The Balaban J connectivity index is 1.55. The van der Waals surface area contributed by atoms with E-state index in [9.17, 15) is 13.2 Å². The van der Waals surface area contributed by atoms with Crippen LogP contribution in [0, 0.1) is 5.92 Å². The highest BCUT2D eigenvalue weighted by atomic mass is 32.2. The summed E-state index contributed by atoms with van der Waals surface area (Å²) in [5, 5.41) is 9.25. The highest BCUT2D eigenvalue weighted by Gasteiger charge is 2.21. The van der Waals surface area contributed by atoms with Crippen molar-refractivity contribution in [1.82, 2.24) is 10.3 Å². The van der Waals surface area contributed by atoms with E-state index in [-0.39, 0.29) is 16.8 Å². The Morgan fingerprint density at radius 1 is 1.21 bits per heavy atom. The Kier molecular flexibility index (Phi) is 4.96. The lowest BCUT2D eigenvalue weighted by Gasteiger charge is -2.18. The SMILES string of the molecule is C[C@@H]1CCc2[nH]c3ccc(C(=O)N[C@@H](C)c4ccc(S(N)(=O)=O)cc4)cc3c2C1. The van der Waals surface area contributed by atoms with Crippen LogP contribution >= 0.6 is 0 Å². The Labute approximate surface area is 170 Å². The average molecular weight is 412 g/mol. The van der Waals surface area contributed by atoms with Crippen LogP contribution in [0.15, 0.2) is 47.4 Å². The quantitative estimate of drug-likeness (QED) is 0.612. The monoisotopic (exact) mass is 411 g/mol. The standard InChI is InChI=1S/C22H25N3O3S/c1-13-3-9-20-18(11-13)19-12-16(6-10-21(19)25-20)22(26)24-14(2)15-4-7-17(8-5-15)29(23,27)28/h4-8,10,12-14,25H,3,9,11H2,1-2H3,(H,24,26)(H2,23,27,28)/t13-,14+/m1/s1. The number of carbonyl (C=O) groups excluding carboxylic acids is 1. The first-order valence-corrected chi connectivity index (χ1v) is 11.3. The van der Waals surface area contributed by atoms with Gasteiger partial charge in [0, 0.05) is 22.2 Å². The molecule has 1 aliphatic rings. The van der Waals surface area contributed by atoms with Gasteiger partial charge in [0.15, 0.2) is 0 Å². The number of hydrogen-bond donors (Lipinski definition) is 3. The molecule has 1 aliphatic carbocycles. The minimum atomic E-state index is -3.73. The predicted octanol–water partition coefficient (Wildman–Crippen LogP) is 3.43. The first-order chi connectivity index (χ1) is 13.7. The molecule has 0 fully saturated rings. The summed E-state index contributed by atoms with van der Waals surface area (Å²) in [7, 11) is -3.73. The second-order valence-corrected chi connectivity index (χ2v) is 9.56. The number of carbonyl (C=O) groups is 1. The molecule has 0 aliphatic heterocycles. The van der Waals surface area contributed by atoms with Gasteiger partial charge < -0.3 is 10.3 Å². The average Bonchev–Trinajstić information content (AvgIpc) is 3.04. The van der Waals surface area contributed by atoms with Gasteiger partial charge in [-0.3, -0.25) is 4.79 Å². The molecule has 152 valence electrons. The number of aromatic amines is 1. The number of benzene rings is 2. The molecular weight excluding hydrogens is 386 g/mol. The third kappa shape index (κ3) is 3.93. The van der Waals surface area contributed by atoms with E-state index in [1.54, 1.807) is 12.1 Å². The second-order valence-electron chi connectivity index (χ2n) is 8.00. The lowest BCUT2D eigenvalue weighted by Crippen LogP contribution is -2.26. The summed E-state index contributed by atoms with van der Waals surface area (Å²) in [4.78, 5) is 16.4. The van der Waals surface area contributed by atoms with Crippen LogP contribution in [0.4, 0.5) is 0 Å². The van der Waals surface area contributed by atoms with E-state index in [1.807, 2.05) is 25.1 Å². The van der Waals surface area contributed by atoms with Crippen LogP contribution in [-0.4, -0.2) is 19.3 Å². The number of sulfonamides is 1. The van der Waals surface area contributed by atoms with Crippen LogP contribution in [0.2, 0.25) is 0 Å². The number of primary sulfonamides is 1. The number of hydrogen-bond acceptors (Lipinski definition) is 3. The fourth-order valence-electron chi connectivity index (χ4n) is 4.04. The summed E-state index contributed by atoms with van der Waals surface area (Å²) in [6, 6.07) is 11.7. The largest absolute Gasteiger partial charge is 0.358 e. The van der Waals surface area contributed by atoms with Crippen LogP contribution in [0.5, 0.6) is 0 Å². The van der Waals surface area contributed by atoms with Crippen molar-refractivity contribution in [3.63, 3.8) is 0 Å². The molecule has 3 aromatic rings. The van der Waals surface area contributed by atoms with E-state index in [4.69, 9.17) is 5.14 Å². The Hall–Kier alpha value is -2.64. The van der Waals surface area contributed by atoms with Gasteiger partial charge >= 0.3 is 0 Å². The van der Waals surface area contributed by atoms with Gasteiger partial charge in [-0.05, 0) is 73.6 Å². The van der Waals surface area contributed by atoms with Crippen molar-refractivity contribution >= 4 is 26.8 Å². The summed E-state index contributed by atoms with van der Waals surface area (Å²) in [5.74, 6) is 0.494. The van der Waals surface area contributed by atoms with Crippen molar-refractivity contribution in [2.24, 2.45) is 11.1 Å². The molecule has 0 radical (unpaired) electrons. The highest BCUT2D eigenvalue weighted by Crippen LogP contribution is 2.32. The maximum Gasteiger partial charge on any atom is 0.251 e. The minimum Gasteiger partial charge on any atom is -0.358 e. The molecule has 0 saturated carbocycles. The first kappa shape index (κ1) is 19.7. The highest BCUT2D eigenvalue weighted by molar-refractivity contribution is 7.89. The van der Waals surface area contributed by atoms with Crippen LogP contribution in [-0.2, 0) is 22.9 Å². The molecule has 1 aromatic heterocycles. The van der Waals surface area contributed by atoms with Gasteiger partial charge in [0.2, 0.25) is 10.0 Å². The maximum atomic E-state index is 12.8. The van der Waals surface area contributed by atoms with Gasteiger partial charge in [0.25, 0.3) is 5.91 Å². The molecule has 6 nitrogen and oxygen atoms in total. The molecule has 1 amide bonds. The molecule has 0 spiro atoms. The van der Waals surface area contributed by atoms with E-state index in [2.05, 4.69) is 17.2 Å². The van der Waals surface area contributed by atoms with Gasteiger partial charge in [-0.15, -0.1) is 0 Å². The molecule has 29 heavy (non-hydrogen) atoms. The topological polar surface area (TPSA) is 105 Å². The Morgan fingerprint density at radius 3 is 2.62 bits per heavy atom. The molecule has 4 rings (SSSR count).